The summed E-state index contributed by atoms with van der Waals surface area (Å²) >= 11 is 0. The molecule has 0 aromatic heterocycles. The second kappa shape index (κ2) is 8.58. The van der Waals surface area contributed by atoms with Gasteiger partial charge >= 0.3 is 186 Å². The third kappa shape index (κ3) is 2.84. The molecule has 4 rings (SSSR count). The normalized spacial score (nSPS) is 13.3. The fraction of sp³-hybridized carbons (Fsp3) is 0.143. The van der Waals surface area contributed by atoms with E-state index in [1.807, 2.05) is 0 Å². The summed E-state index contributed by atoms with van der Waals surface area (Å²) in [5, 5.41) is 4.74. The molecule has 0 spiro atoms. The van der Waals surface area contributed by atoms with E-state index in [1.165, 1.54) is 21.2 Å². The molecule has 0 radical (unpaired) electrons. The Hall–Kier alpha value is -2.46. The summed E-state index contributed by atoms with van der Waals surface area (Å²) in [7, 11) is 0. The van der Waals surface area contributed by atoms with E-state index >= 15 is 4.57 Å². The molecule has 3 heteroatoms. The molecule has 158 valence electrons. The number of rotatable bonds is 7. The van der Waals surface area contributed by atoms with Crippen LogP contribution in [0.3, 0.4) is 0 Å². The maximum atomic E-state index is 15.6. The molecule has 4 aromatic carbocycles. The van der Waals surface area contributed by atoms with E-state index in [-0.39, 0.29) is 0 Å². The van der Waals surface area contributed by atoms with Crippen LogP contribution in [0.25, 0.3) is 0 Å². The first-order valence-corrected chi connectivity index (χ1v) is 16.0. The van der Waals surface area contributed by atoms with E-state index in [9.17, 15) is 0 Å². The molecule has 0 aliphatic rings. The molecular formula is C28H30OP2. The maximum absolute atomic E-state index is 15.6. The van der Waals surface area contributed by atoms with Crippen LogP contribution in [0.2, 0.25) is 0 Å². The van der Waals surface area contributed by atoms with Crippen LogP contribution in [-0.4, -0.2) is 12.3 Å². The molecule has 0 aliphatic carbocycles. The van der Waals surface area contributed by atoms with Crippen LogP contribution in [0.4, 0.5) is 0 Å². The summed E-state index contributed by atoms with van der Waals surface area (Å²) in [5.74, 6) is 0. The predicted molar refractivity (Wildman–Crippen MR) is 140 cm³/mol. The Balaban J connectivity index is 2.42. The second-order valence-corrected chi connectivity index (χ2v) is 19.6. The minimum atomic E-state index is -3.58. The topological polar surface area (TPSA) is 17.1 Å². The van der Waals surface area contributed by atoms with Crippen LogP contribution >= 0.6 is 13.1 Å². The van der Waals surface area contributed by atoms with E-state index in [2.05, 4.69) is 135 Å². The van der Waals surface area contributed by atoms with Crippen molar-refractivity contribution in [2.45, 2.75) is 13.8 Å². The van der Waals surface area contributed by atoms with E-state index in [0.717, 1.165) is 0 Å². The van der Waals surface area contributed by atoms with Crippen molar-refractivity contribution in [2.24, 2.45) is 0 Å². The summed E-state index contributed by atoms with van der Waals surface area (Å²) in [4.78, 5) is 0. The van der Waals surface area contributed by atoms with Gasteiger partial charge in [0, 0.05) is 0 Å². The van der Waals surface area contributed by atoms with Crippen molar-refractivity contribution < 1.29 is 4.57 Å². The van der Waals surface area contributed by atoms with Crippen LogP contribution in [0.1, 0.15) is 13.8 Å². The van der Waals surface area contributed by atoms with Crippen LogP contribution in [0, 0.1) is 0 Å². The van der Waals surface area contributed by atoms with Gasteiger partial charge in [0.05, 0.1) is 0 Å². The van der Waals surface area contributed by atoms with Crippen molar-refractivity contribution >= 4 is 34.3 Å². The van der Waals surface area contributed by atoms with Crippen molar-refractivity contribution in [3.8, 4) is 0 Å². The Kier molecular flexibility index (Phi) is 6.02. The minimum absolute atomic E-state index is 0.648. The first kappa shape index (κ1) is 21.8. The molecule has 0 saturated heterocycles. The van der Waals surface area contributed by atoms with E-state index in [0.29, 0.717) is 12.3 Å². The molecule has 0 saturated carbocycles. The molecular weight excluding hydrogens is 414 g/mol. The Morgan fingerprint density at radius 1 is 0.484 bits per heavy atom. The zero-order valence-corrected chi connectivity index (χ0v) is 20.1. The van der Waals surface area contributed by atoms with Crippen LogP contribution in [0.15, 0.2) is 121 Å². The standard InChI is InChI=1S/C28H30OP2/c1-3-30(29,4-2)31(25-17-9-5-10-18-25,26-19-11-6-12-20-26,27-21-13-7-14-22-27)28-23-15-8-16-24-28/h5-24H,3-4H2,1-2H3. The molecule has 0 N–H and O–H groups in total. The third-order valence-corrected chi connectivity index (χ3v) is 24.2. The van der Waals surface area contributed by atoms with Gasteiger partial charge in [0.15, 0.2) is 0 Å². The van der Waals surface area contributed by atoms with Crippen molar-refractivity contribution in [3.05, 3.63) is 121 Å². The SMILES string of the molecule is CCP(=O)(CC)P(c1ccccc1)(c1ccccc1)(c1ccccc1)c1ccccc1. The molecule has 0 bridgehead atoms. The fourth-order valence-electron chi connectivity index (χ4n) is 5.40. The summed E-state index contributed by atoms with van der Waals surface area (Å²) < 4.78 is 15.6. The van der Waals surface area contributed by atoms with E-state index < -0.39 is 13.1 Å². The van der Waals surface area contributed by atoms with Crippen molar-refractivity contribution in [1.29, 1.82) is 0 Å². The summed E-state index contributed by atoms with van der Waals surface area (Å²) in [6, 6.07) is 42.7. The number of hydrogen-bond donors (Lipinski definition) is 0. The Labute approximate surface area is 186 Å². The molecule has 0 amide bonds. The van der Waals surface area contributed by atoms with Crippen molar-refractivity contribution in [1.82, 2.24) is 0 Å². The van der Waals surface area contributed by atoms with Gasteiger partial charge in [0.1, 0.15) is 0 Å². The molecule has 0 fully saturated rings. The van der Waals surface area contributed by atoms with Gasteiger partial charge in [-0.2, -0.15) is 0 Å². The zero-order valence-electron chi connectivity index (χ0n) is 18.3. The third-order valence-electron chi connectivity index (χ3n) is 6.75. The molecule has 0 atom stereocenters. The monoisotopic (exact) mass is 444 g/mol. The van der Waals surface area contributed by atoms with Gasteiger partial charge in [0.25, 0.3) is 0 Å². The van der Waals surface area contributed by atoms with Gasteiger partial charge < -0.3 is 0 Å². The quantitative estimate of drug-likeness (QED) is 0.312. The molecule has 0 heterocycles. The van der Waals surface area contributed by atoms with Gasteiger partial charge in [-0.3, -0.25) is 0 Å². The average Bonchev–Trinajstić information content (AvgIpc) is 2.87. The first-order chi connectivity index (χ1) is 15.1. The van der Waals surface area contributed by atoms with Crippen LogP contribution in [-0.2, 0) is 4.57 Å². The Morgan fingerprint density at radius 3 is 0.903 bits per heavy atom. The average molecular weight is 444 g/mol. The fourth-order valence-corrected chi connectivity index (χ4v) is 23.5. The predicted octanol–water partition coefficient (Wildman–Crippen LogP) is 6.16. The van der Waals surface area contributed by atoms with Crippen molar-refractivity contribution in [3.63, 3.8) is 0 Å². The molecule has 0 aliphatic heterocycles. The van der Waals surface area contributed by atoms with Gasteiger partial charge in [-0.1, -0.05) is 0 Å². The zero-order chi connectivity index (χ0) is 21.8. The number of benzene rings is 4. The molecule has 1 nitrogen and oxygen atoms in total. The number of hydrogen-bond acceptors (Lipinski definition) is 1. The van der Waals surface area contributed by atoms with Gasteiger partial charge in [-0.15, -0.1) is 0 Å². The van der Waals surface area contributed by atoms with Gasteiger partial charge in [-0.05, 0) is 0 Å². The Morgan fingerprint density at radius 2 is 0.710 bits per heavy atom. The Bertz CT molecular complexity index is 995. The summed E-state index contributed by atoms with van der Waals surface area (Å²) in [6.07, 6.45) is -2.29. The van der Waals surface area contributed by atoms with Crippen LogP contribution in [0.5, 0.6) is 0 Å². The second-order valence-electron chi connectivity index (χ2n) is 7.89. The summed E-state index contributed by atoms with van der Waals surface area (Å²) in [6.45, 7) is 1.42. The first-order valence-electron chi connectivity index (χ1n) is 11.0. The van der Waals surface area contributed by atoms with E-state index in [1.54, 1.807) is 0 Å². The van der Waals surface area contributed by atoms with Gasteiger partial charge in [0.2, 0.25) is 0 Å². The van der Waals surface area contributed by atoms with E-state index in [4.69, 9.17) is 0 Å². The molecule has 0 unspecified atom stereocenters. The molecule has 4 aromatic rings. The van der Waals surface area contributed by atoms with Crippen LogP contribution < -0.4 is 21.2 Å². The molecule has 31 heavy (non-hydrogen) atoms. The van der Waals surface area contributed by atoms with Crippen molar-refractivity contribution in [2.75, 3.05) is 12.3 Å². The van der Waals surface area contributed by atoms with Gasteiger partial charge in [-0.25, -0.2) is 0 Å². The summed E-state index contributed by atoms with van der Waals surface area (Å²) in [5.41, 5.74) is 0.